The van der Waals surface area contributed by atoms with Crippen molar-refractivity contribution in [3.63, 3.8) is 0 Å². The molecule has 0 heterocycles. The van der Waals surface area contributed by atoms with Crippen molar-refractivity contribution in [1.29, 1.82) is 0 Å². The molecule has 0 fully saturated rings. The zero-order valence-corrected chi connectivity index (χ0v) is 9.76. The number of phenols is 1. The fourth-order valence-corrected chi connectivity index (χ4v) is 1.64. The van der Waals surface area contributed by atoms with Gasteiger partial charge in [0, 0.05) is 11.8 Å². The van der Waals surface area contributed by atoms with Crippen molar-refractivity contribution in [1.82, 2.24) is 0 Å². The topological polar surface area (TPSA) is 32.3 Å². The maximum absolute atomic E-state index is 9.67. The fourth-order valence-electron chi connectivity index (χ4n) is 1.31. The Balaban J connectivity index is 2.32. The number of anilines is 2. The lowest BCUT2D eigenvalue weighted by Gasteiger charge is -2.09. The highest BCUT2D eigenvalue weighted by Gasteiger charge is 2.06. The predicted molar refractivity (Wildman–Crippen MR) is 67.9 cm³/mol. The fraction of sp³-hybridized carbons (Fsp3) is 0. The summed E-state index contributed by atoms with van der Waals surface area (Å²) in [6, 6.07) is 12.5. The van der Waals surface area contributed by atoms with Crippen LogP contribution in [0.5, 0.6) is 5.75 Å². The van der Waals surface area contributed by atoms with Gasteiger partial charge in [-0.25, -0.2) is 0 Å². The standard InChI is InChI=1S/C12H9Cl2NO/c13-9-6-11(12(16)7-10(9)14)15-8-4-2-1-3-5-8/h1-7,15-16H. The minimum Gasteiger partial charge on any atom is -0.506 e. The highest BCUT2D eigenvalue weighted by molar-refractivity contribution is 6.42. The van der Waals surface area contributed by atoms with E-state index in [0.717, 1.165) is 5.69 Å². The normalized spacial score (nSPS) is 10.1. The molecular weight excluding hydrogens is 245 g/mol. The molecule has 0 unspecified atom stereocenters. The predicted octanol–water partition coefficient (Wildman–Crippen LogP) is 4.44. The second kappa shape index (κ2) is 4.64. The molecular formula is C12H9Cl2NO. The Morgan fingerprint density at radius 2 is 1.56 bits per heavy atom. The third kappa shape index (κ3) is 2.40. The van der Waals surface area contributed by atoms with Gasteiger partial charge in [-0.2, -0.15) is 0 Å². The van der Waals surface area contributed by atoms with Gasteiger partial charge in [-0.15, -0.1) is 0 Å². The van der Waals surface area contributed by atoms with E-state index in [9.17, 15) is 5.11 Å². The summed E-state index contributed by atoms with van der Waals surface area (Å²) in [6.45, 7) is 0. The molecule has 4 heteroatoms. The first-order valence-corrected chi connectivity index (χ1v) is 5.42. The van der Waals surface area contributed by atoms with E-state index in [1.807, 2.05) is 30.3 Å². The maximum Gasteiger partial charge on any atom is 0.140 e. The van der Waals surface area contributed by atoms with Crippen LogP contribution in [0.15, 0.2) is 42.5 Å². The molecule has 16 heavy (non-hydrogen) atoms. The van der Waals surface area contributed by atoms with E-state index >= 15 is 0 Å². The van der Waals surface area contributed by atoms with Crippen LogP contribution >= 0.6 is 23.2 Å². The quantitative estimate of drug-likeness (QED) is 0.776. The molecule has 0 aliphatic carbocycles. The van der Waals surface area contributed by atoms with Crippen LogP contribution in [-0.4, -0.2) is 5.11 Å². The van der Waals surface area contributed by atoms with E-state index in [-0.39, 0.29) is 5.75 Å². The third-order valence-corrected chi connectivity index (χ3v) is 2.81. The summed E-state index contributed by atoms with van der Waals surface area (Å²) in [5.41, 5.74) is 1.40. The lowest BCUT2D eigenvalue weighted by molar-refractivity contribution is 0.478. The number of aromatic hydroxyl groups is 1. The molecule has 2 nitrogen and oxygen atoms in total. The Labute approximate surface area is 103 Å². The molecule has 82 valence electrons. The van der Waals surface area contributed by atoms with E-state index in [1.54, 1.807) is 6.07 Å². The van der Waals surface area contributed by atoms with Crippen LogP contribution in [0.1, 0.15) is 0 Å². The largest absolute Gasteiger partial charge is 0.506 e. The van der Waals surface area contributed by atoms with Gasteiger partial charge in [-0.3, -0.25) is 0 Å². The SMILES string of the molecule is Oc1cc(Cl)c(Cl)cc1Nc1ccccc1. The van der Waals surface area contributed by atoms with Crippen LogP contribution in [-0.2, 0) is 0 Å². The molecule has 0 atom stereocenters. The molecule has 0 bridgehead atoms. The molecule has 2 N–H and O–H groups in total. The minimum absolute atomic E-state index is 0.0678. The van der Waals surface area contributed by atoms with Crippen LogP contribution < -0.4 is 5.32 Å². The molecule has 0 radical (unpaired) electrons. The minimum atomic E-state index is 0.0678. The van der Waals surface area contributed by atoms with Gasteiger partial charge < -0.3 is 10.4 Å². The van der Waals surface area contributed by atoms with Gasteiger partial charge in [0.25, 0.3) is 0 Å². The lowest BCUT2D eigenvalue weighted by Crippen LogP contribution is -1.90. The van der Waals surface area contributed by atoms with Crippen molar-refractivity contribution >= 4 is 34.6 Å². The Morgan fingerprint density at radius 1 is 0.938 bits per heavy atom. The van der Waals surface area contributed by atoms with Crippen molar-refractivity contribution < 1.29 is 5.11 Å². The zero-order valence-electron chi connectivity index (χ0n) is 8.24. The molecule has 0 saturated carbocycles. The van der Waals surface area contributed by atoms with Gasteiger partial charge in [0.05, 0.1) is 15.7 Å². The monoisotopic (exact) mass is 253 g/mol. The van der Waals surface area contributed by atoms with Gasteiger partial charge in [-0.05, 0) is 18.2 Å². The van der Waals surface area contributed by atoms with Gasteiger partial charge >= 0.3 is 0 Å². The molecule has 0 spiro atoms. The molecule has 0 aliphatic heterocycles. The van der Waals surface area contributed by atoms with Crippen LogP contribution in [0.25, 0.3) is 0 Å². The van der Waals surface area contributed by atoms with E-state index < -0.39 is 0 Å². The Bertz CT molecular complexity index is 500. The van der Waals surface area contributed by atoms with Crippen LogP contribution in [0.2, 0.25) is 10.0 Å². The Kier molecular flexibility index (Phi) is 3.22. The first-order chi connectivity index (χ1) is 7.66. The number of hydrogen-bond acceptors (Lipinski definition) is 2. The van der Waals surface area contributed by atoms with Gasteiger partial charge in [0.15, 0.2) is 0 Å². The van der Waals surface area contributed by atoms with Crippen molar-refractivity contribution in [3.05, 3.63) is 52.5 Å². The maximum atomic E-state index is 9.67. The van der Waals surface area contributed by atoms with Crippen LogP contribution in [0.3, 0.4) is 0 Å². The summed E-state index contributed by atoms with van der Waals surface area (Å²) in [7, 11) is 0. The van der Waals surface area contributed by atoms with E-state index in [2.05, 4.69) is 5.32 Å². The van der Waals surface area contributed by atoms with Crippen LogP contribution in [0, 0.1) is 0 Å². The Hall–Kier alpha value is -1.38. The number of phenolic OH excluding ortho intramolecular Hbond substituents is 1. The van der Waals surface area contributed by atoms with E-state index in [4.69, 9.17) is 23.2 Å². The third-order valence-electron chi connectivity index (χ3n) is 2.09. The first-order valence-electron chi connectivity index (χ1n) is 4.67. The number of para-hydroxylation sites is 1. The van der Waals surface area contributed by atoms with Gasteiger partial charge in [0.1, 0.15) is 5.75 Å². The second-order valence-corrected chi connectivity index (χ2v) is 4.09. The molecule has 2 rings (SSSR count). The summed E-state index contributed by atoms with van der Waals surface area (Å²) in [4.78, 5) is 0. The Morgan fingerprint density at radius 3 is 2.25 bits per heavy atom. The molecule has 2 aromatic carbocycles. The number of halogens is 2. The highest BCUT2D eigenvalue weighted by atomic mass is 35.5. The van der Waals surface area contributed by atoms with Crippen LogP contribution in [0.4, 0.5) is 11.4 Å². The first kappa shape index (κ1) is 11.1. The molecule has 2 aromatic rings. The number of hydrogen-bond donors (Lipinski definition) is 2. The molecule has 0 aliphatic rings. The number of benzene rings is 2. The summed E-state index contributed by atoms with van der Waals surface area (Å²) < 4.78 is 0. The molecule has 0 saturated heterocycles. The van der Waals surface area contributed by atoms with Crippen molar-refractivity contribution in [2.24, 2.45) is 0 Å². The van der Waals surface area contributed by atoms with Crippen molar-refractivity contribution in [3.8, 4) is 5.75 Å². The summed E-state index contributed by atoms with van der Waals surface area (Å²) in [6.07, 6.45) is 0. The van der Waals surface area contributed by atoms with Crippen molar-refractivity contribution in [2.75, 3.05) is 5.32 Å². The number of nitrogens with one attached hydrogen (secondary N) is 1. The summed E-state index contributed by atoms with van der Waals surface area (Å²) in [5, 5.41) is 13.5. The summed E-state index contributed by atoms with van der Waals surface area (Å²) >= 11 is 11.6. The summed E-state index contributed by atoms with van der Waals surface area (Å²) in [5.74, 6) is 0.0678. The van der Waals surface area contributed by atoms with Gasteiger partial charge in [-0.1, -0.05) is 41.4 Å². The van der Waals surface area contributed by atoms with Crippen molar-refractivity contribution in [2.45, 2.75) is 0 Å². The lowest BCUT2D eigenvalue weighted by atomic mass is 10.2. The highest BCUT2D eigenvalue weighted by Crippen LogP contribution is 2.34. The zero-order chi connectivity index (χ0) is 11.5. The average Bonchev–Trinajstić information content (AvgIpc) is 2.27. The molecule has 0 amide bonds. The average molecular weight is 254 g/mol. The molecule has 0 aromatic heterocycles. The van der Waals surface area contributed by atoms with E-state index in [1.165, 1.54) is 6.07 Å². The smallest absolute Gasteiger partial charge is 0.140 e. The number of rotatable bonds is 2. The van der Waals surface area contributed by atoms with Gasteiger partial charge in [0.2, 0.25) is 0 Å². The second-order valence-electron chi connectivity index (χ2n) is 3.27. The van der Waals surface area contributed by atoms with E-state index in [0.29, 0.717) is 15.7 Å².